The second-order valence-electron chi connectivity index (χ2n) is 5.33. The van der Waals surface area contributed by atoms with Crippen molar-refractivity contribution in [2.24, 2.45) is 0 Å². The third kappa shape index (κ3) is 1.99. The molecule has 2 unspecified atom stereocenters. The molecule has 0 aromatic heterocycles. The van der Waals surface area contributed by atoms with Crippen LogP contribution in [0.2, 0.25) is 5.02 Å². The summed E-state index contributed by atoms with van der Waals surface area (Å²) in [4.78, 5) is 14.1. The first-order valence-electron chi connectivity index (χ1n) is 6.64. The lowest BCUT2D eigenvalue weighted by Gasteiger charge is -2.33. The van der Waals surface area contributed by atoms with Crippen molar-refractivity contribution in [2.75, 3.05) is 18.4 Å². The van der Waals surface area contributed by atoms with Crippen molar-refractivity contribution in [2.45, 2.75) is 30.8 Å². The van der Waals surface area contributed by atoms with E-state index in [9.17, 15) is 9.90 Å². The Balaban J connectivity index is 1.94. The summed E-state index contributed by atoms with van der Waals surface area (Å²) in [5.74, 6) is -0.776. The maximum atomic E-state index is 11.8. The highest BCUT2D eigenvalue weighted by Gasteiger charge is 2.54. The van der Waals surface area contributed by atoms with Crippen LogP contribution < -0.4 is 5.32 Å². The van der Waals surface area contributed by atoms with Crippen molar-refractivity contribution in [1.29, 1.82) is 0 Å². The van der Waals surface area contributed by atoms with Crippen molar-refractivity contribution >= 4 is 23.3 Å². The van der Waals surface area contributed by atoms with Gasteiger partial charge in [-0.1, -0.05) is 23.7 Å². The second-order valence-corrected chi connectivity index (χ2v) is 5.73. The van der Waals surface area contributed by atoms with Gasteiger partial charge in [0.2, 0.25) is 0 Å². The van der Waals surface area contributed by atoms with E-state index in [1.807, 2.05) is 18.2 Å². The minimum atomic E-state index is -0.901. The van der Waals surface area contributed by atoms with Crippen LogP contribution in [-0.2, 0) is 4.79 Å². The predicted molar refractivity (Wildman–Crippen MR) is 74.7 cm³/mol. The van der Waals surface area contributed by atoms with E-state index in [-0.39, 0.29) is 6.04 Å². The van der Waals surface area contributed by atoms with Gasteiger partial charge >= 0.3 is 5.97 Å². The monoisotopic (exact) mass is 280 g/mol. The topological polar surface area (TPSA) is 52.6 Å². The number of nitrogens with zero attached hydrogens (tertiary/aromatic N) is 1. The van der Waals surface area contributed by atoms with E-state index in [0.717, 1.165) is 25.9 Å². The van der Waals surface area contributed by atoms with Crippen molar-refractivity contribution in [3.63, 3.8) is 0 Å². The van der Waals surface area contributed by atoms with Crippen LogP contribution >= 0.6 is 11.6 Å². The number of aliphatic carboxylic acids is 1. The van der Waals surface area contributed by atoms with Gasteiger partial charge in [0.25, 0.3) is 0 Å². The summed E-state index contributed by atoms with van der Waals surface area (Å²) in [6.45, 7) is 1.85. The smallest absolute Gasteiger partial charge is 0.331 e. The lowest BCUT2D eigenvalue weighted by atomic mass is 9.88. The van der Waals surface area contributed by atoms with Crippen LogP contribution in [0.3, 0.4) is 0 Å². The van der Waals surface area contributed by atoms with Crippen LogP contribution in [0.25, 0.3) is 0 Å². The van der Waals surface area contributed by atoms with Gasteiger partial charge in [0.05, 0.1) is 10.7 Å². The van der Waals surface area contributed by atoms with Crippen LogP contribution in [0.15, 0.2) is 24.3 Å². The zero-order valence-electron chi connectivity index (χ0n) is 10.6. The average Bonchev–Trinajstić information content (AvgIpc) is 2.96. The Hall–Kier alpha value is -1.26. The highest BCUT2D eigenvalue weighted by molar-refractivity contribution is 6.33. The number of carbonyl (C=O) groups is 1. The molecule has 19 heavy (non-hydrogen) atoms. The average molecular weight is 281 g/mol. The highest BCUT2D eigenvalue weighted by atomic mass is 35.5. The largest absolute Gasteiger partial charge is 0.479 e. The number of carboxylic acids is 1. The van der Waals surface area contributed by atoms with Crippen LogP contribution in [0.1, 0.15) is 19.3 Å². The molecule has 0 radical (unpaired) electrons. The normalized spacial score (nSPS) is 30.3. The Morgan fingerprint density at radius 3 is 2.95 bits per heavy atom. The molecule has 0 saturated carbocycles. The third-order valence-corrected chi connectivity index (χ3v) is 4.67. The van der Waals surface area contributed by atoms with Crippen molar-refractivity contribution in [1.82, 2.24) is 4.90 Å². The van der Waals surface area contributed by atoms with Crippen molar-refractivity contribution in [3.8, 4) is 0 Å². The molecule has 2 atom stereocenters. The summed E-state index contributed by atoms with van der Waals surface area (Å²) in [5.41, 5.74) is -0.193. The van der Waals surface area contributed by atoms with Gasteiger partial charge in [0.15, 0.2) is 5.54 Å². The maximum Gasteiger partial charge on any atom is 0.331 e. The SMILES string of the molecule is O=C(O)C1(Nc2ccccc2Cl)CCN2CCCC21. The minimum absolute atomic E-state index is 0.0706. The Bertz CT molecular complexity index is 508. The Kier molecular flexibility index (Phi) is 3.15. The first kappa shape index (κ1) is 12.8. The minimum Gasteiger partial charge on any atom is -0.479 e. The summed E-state index contributed by atoms with van der Waals surface area (Å²) in [6.07, 6.45) is 2.63. The number of carboxylic acid groups (broad SMARTS) is 1. The summed E-state index contributed by atoms with van der Waals surface area (Å²) in [6, 6.07) is 7.40. The van der Waals surface area contributed by atoms with Gasteiger partial charge in [-0.15, -0.1) is 0 Å². The van der Waals surface area contributed by atoms with E-state index in [2.05, 4.69) is 10.2 Å². The van der Waals surface area contributed by atoms with Crippen molar-refractivity contribution in [3.05, 3.63) is 29.3 Å². The van der Waals surface area contributed by atoms with Gasteiger partial charge in [-0.2, -0.15) is 0 Å². The molecular formula is C14H17ClN2O2. The molecule has 2 aliphatic rings. The fourth-order valence-electron chi connectivity index (χ4n) is 3.39. The van der Waals surface area contributed by atoms with Crippen LogP contribution in [0, 0.1) is 0 Å². The van der Waals surface area contributed by atoms with Gasteiger partial charge in [-0.05, 0) is 37.9 Å². The van der Waals surface area contributed by atoms with Crippen LogP contribution in [-0.4, -0.2) is 40.6 Å². The lowest BCUT2D eigenvalue weighted by Crippen LogP contribution is -2.54. The molecule has 1 aromatic rings. The van der Waals surface area contributed by atoms with Crippen molar-refractivity contribution < 1.29 is 9.90 Å². The number of benzene rings is 1. The predicted octanol–water partition coefficient (Wildman–Crippen LogP) is 2.44. The zero-order valence-corrected chi connectivity index (χ0v) is 11.4. The standard InChI is InChI=1S/C14H17ClN2O2/c15-10-4-1-2-5-11(10)16-14(13(18)19)7-9-17-8-3-6-12(14)17/h1-2,4-5,12,16H,3,6-9H2,(H,18,19). The van der Waals surface area contributed by atoms with Gasteiger partial charge in [0.1, 0.15) is 0 Å². The number of rotatable bonds is 3. The Morgan fingerprint density at radius 2 is 2.21 bits per heavy atom. The molecule has 2 fully saturated rings. The van der Waals surface area contributed by atoms with Crippen LogP contribution in [0.5, 0.6) is 0 Å². The number of anilines is 1. The molecule has 1 aromatic carbocycles. The Labute approximate surface area is 117 Å². The summed E-state index contributed by atoms with van der Waals surface area (Å²) >= 11 is 6.14. The molecule has 0 aliphatic carbocycles. The van der Waals surface area contributed by atoms with Gasteiger partial charge in [-0.3, -0.25) is 4.90 Å². The molecule has 2 heterocycles. The molecule has 5 heteroatoms. The second kappa shape index (κ2) is 4.69. The number of halogens is 1. The number of hydrogen-bond acceptors (Lipinski definition) is 3. The van der Waals surface area contributed by atoms with Gasteiger partial charge in [-0.25, -0.2) is 4.79 Å². The highest BCUT2D eigenvalue weighted by Crippen LogP contribution is 2.39. The fourth-order valence-corrected chi connectivity index (χ4v) is 3.57. The molecule has 0 amide bonds. The van der Waals surface area contributed by atoms with Crippen LogP contribution in [0.4, 0.5) is 5.69 Å². The first-order chi connectivity index (χ1) is 9.13. The molecule has 0 bridgehead atoms. The zero-order chi connectivity index (χ0) is 13.5. The van der Waals surface area contributed by atoms with E-state index >= 15 is 0 Å². The molecular weight excluding hydrogens is 264 g/mol. The Morgan fingerprint density at radius 1 is 1.42 bits per heavy atom. The van der Waals surface area contributed by atoms with E-state index in [1.54, 1.807) is 6.07 Å². The summed E-state index contributed by atoms with van der Waals surface area (Å²) in [5, 5.41) is 13.5. The van der Waals surface area contributed by atoms with E-state index in [0.29, 0.717) is 17.1 Å². The van der Waals surface area contributed by atoms with E-state index < -0.39 is 11.5 Å². The lowest BCUT2D eigenvalue weighted by molar-refractivity contribution is -0.143. The molecule has 3 rings (SSSR count). The van der Waals surface area contributed by atoms with Gasteiger partial charge in [0, 0.05) is 12.6 Å². The molecule has 2 aliphatic heterocycles. The summed E-state index contributed by atoms with van der Waals surface area (Å²) in [7, 11) is 0. The number of nitrogens with one attached hydrogen (secondary N) is 1. The van der Waals surface area contributed by atoms with E-state index in [1.165, 1.54) is 0 Å². The molecule has 102 valence electrons. The van der Waals surface area contributed by atoms with Gasteiger partial charge < -0.3 is 10.4 Å². The molecule has 4 nitrogen and oxygen atoms in total. The number of para-hydroxylation sites is 1. The number of fused-ring (bicyclic) bond motifs is 1. The molecule has 0 spiro atoms. The van der Waals surface area contributed by atoms with E-state index in [4.69, 9.17) is 11.6 Å². The maximum absolute atomic E-state index is 11.8. The first-order valence-corrected chi connectivity index (χ1v) is 7.01. The summed E-state index contributed by atoms with van der Waals surface area (Å²) < 4.78 is 0. The number of hydrogen-bond donors (Lipinski definition) is 2. The fraction of sp³-hybridized carbons (Fsp3) is 0.500. The molecule has 2 saturated heterocycles. The third-order valence-electron chi connectivity index (χ3n) is 4.34. The quantitative estimate of drug-likeness (QED) is 0.893. The molecule has 2 N–H and O–H groups in total.